The summed E-state index contributed by atoms with van der Waals surface area (Å²) in [7, 11) is 0. The van der Waals surface area contributed by atoms with Crippen molar-refractivity contribution in [3.8, 4) is 0 Å². The van der Waals surface area contributed by atoms with Gasteiger partial charge in [0.05, 0.1) is 11.8 Å². The lowest BCUT2D eigenvalue weighted by Crippen LogP contribution is -2.26. The van der Waals surface area contributed by atoms with E-state index in [1.165, 1.54) is 0 Å². The van der Waals surface area contributed by atoms with Crippen LogP contribution < -0.4 is 0 Å². The highest BCUT2D eigenvalue weighted by atomic mass is 16.1. The molecule has 0 saturated heterocycles. The lowest BCUT2D eigenvalue weighted by atomic mass is 9.75. The topological polar surface area (TPSA) is 34.1 Å². The molecule has 2 aromatic rings. The summed E-state index contributed by atoms with van der Waals surface area (Å²) in [5.74, 6) is -0.578. The normalized spacial score (nSPS) is 13.4. The van der Waals surface area contributed by atoms with Gasteiger partial charge in [-0.2, -0.15) is 0 Å². The van der Waals surface area contributed by atoms with E-state index in [1.807, 2.05) is 74.5 Å². The predicted molar refractivity (Wildman–Crippen MR) is 89.0 cm³/mol. The molecule has 2 heteroatoms. The van der Waals surface area contributed by atoms with Gasteiger partial charge in [0.25, 0.3) is 0 Å². The molecule has 2 atom stereocenters. The third-order valence-electron chi connectivity index (χ3n) is 4.04. The number of carbonyl (C=O) groups is 2. The van der Waals surface area contributed by atoms with Crippen molar-refractivity contribution < 1.29 is 9.59 Å². The molecule has 0 aliphatic heterocycles. The summed E-state index contributed by atoms with van der Waals surface area (Å²) in [5.41, 5.74) is 1.84. The zero-order valence-electron chi connectivity index (χ0n) is 13.2. The van der Waals surface area contributed by atoms with Crippen molar-refractivity contribution in [2.24, 2.45) is 0 Å². The van der Waals surface area contributed by atoms with Crippen molar-refractivity contribution in [2.75, 3.05) is 0 Å². The first-order valence-corrected chi connectivity index (χ1v) is 7.84. The lowest BCUT2D eigenvalue weighted by molar-refractivity contribution is -0.126. The Balaban J connectivity index is 2.54. The molecule has 0 aliphatic carbocycles. The molecule has 0 fully saturated rings. The zero-order valence-corrected chi connectivity index (χ0v) is 13.2. The Morgan fingerprint density at radius 2 is 1.00 bits per heavy atom. The minimum atomic E-state index is -0.402. The fourth-order valence-corrected chi connectivity index (χ4v) is 2.89. The molecule has 114 valence electrons. The Kier molecular flexibility index (Phi) is 5.65. The van der Waals surface area contributed by atoms with E-state index in [9.17, 15) is 9.59 Å². The fourth-order valence-electron chi connectivity index (χ4n) is 2.89. The van der Waals surface area contributed by atoms with Crippen LogP contribution in [0.15, 0.2) is 60.7 Å². The SMILES string of the molecule is CCC(=O)[C@H](c1ccccc1)[C@@H](C(=O)CC)c1ccccc1. The number of benzene rings is 2. The van der Waals surface area contributed by atoms with Crippen molar-refractivity contribution in [2.45, 2.75) is 38.5 Å². The van der Waals surface area contributed by atoms with Gasteiger partial charge in [-0.05, 0) is 11.1 Å². The summed E-state index contributed by atoms with van der Waals surface area (Å²) in [6.07, 6.45) is 0.861. The monoisotopic (exact) mass is 294 g/mol. The van der Waals surface area contributed by atoms with Crippen LogP contribution in [0.4, 0.5) is 0 Å². The van der Waals surface area contributed by atoms with Crippen LogP contribution in [0.1, 0.15) is 49.7 Å². The van der Waals surface area contributed by atoms with E-state index in [-0.39, 0.29) is 11.6 Å². The molecule has 2 rings (SSSR count). The molecule has 0 N–H and O–H groups in total. The molecule has 0 radical (unpaired) electrons. The molecule has 0 aromatic heterocycles. The summed E-state index contributed by atoms with van der Waals surface area (Å²) >= 11 is 0. The molecule has 2 aromatic carbocycles. The highest BCUT2D eigenvalue weighted by molar-refractivity contribution is 5.96. The zero-order chi connectivity index (χ0) is 15.9. The van der Waals surface area contributed by atoms with Gasteiger partial charge in [0, 0.05) is 12.8 Å². The first-order chi connectivity index (χ1) is 10.7. The molecule has 0 saturated carbocycles. The maximum atomic E-state index is 12.6. The van der Waals surface area contributed by atoms with E-state index in [4.69, 9.17) is 0 Å². The van der Waals surface area contributed by atoms with Crippen LogP contribution in [-0.4, -0.2) is 11.6 Å². The van der Waals surface area contributed by atoms with Gasteiger partial charge < -0.3 is 0 Å². The van der Waals surface area contributed by atoms with Gasteiger partial charge in [0.15, 0.2) is 0 Å². The van der Waals surface area contributed by atoms with Gasteiger partial charge in [-0.1, -0.05) is 74.5 Å². The van der Waals surface area contributed by atoms with Gasteiger partial charge in [-0.3, -0.25) is 9.59 Å². The van der Waals surface area contributed by atoms with Gasteiger partial charge in [0.2, 0.25) is 0 Å². The lowest BCUT2D eigenvalue weighted by Gasteiger charge is -2.25. The van der Waals surface area contributed by atoms with Gasteiger partial charge >= 0.3 is 0 Å². The van der Waals surface area contributed by atoms with Crippen molar-refractivity contribution in [1.29, 1.82) is 0 Å². The fraction of sp³-hybridized carbons (Fsp3) is 0.300. The quantitative estimate of drug-likeness (QED) is 0.752. The first-order valence-electron chi connectivity index (χ1n) is 7.84. The number of hydrogen-bond acceptors (Lipinski definition) is 2. The summed E-state index contributed by atoms with van der Waals surface area (Å²) in [6, 6.07) is 19.3. The molecule has 0 heterocycles. The van der Waals surface area contributed by atoms with E-state index in [0.717, 1.165) is 11.1 Å². The Morgan fingerprint density at radius 3 is 1.27 bits per heavy atom. The van der Waals surface area contributed by atoms with Crippen LogP contribution in [0.5, 0.6) is 0 Å². The van der Waals surface area contributed by atoms with Crippen LogP contribution in [0.3, 0.4) is 0 Å². The number of ketones is 2. The second-order valence-corrected chi connectivity index (χ2v) is 5.42. The van der Waals surface area contributed by atoms with Crippen LogP contribution >= 0.6 is 0 Å². The average molecular weight is 294 g/mol. The summed E-state index contributed by atoms with van der Waals surface area (Å²) in [6.45, 7) is 3.72. The van der Waals surface area contributed by atoms with Crippen molar-refractivity contribution in [3.63, 3.8) is 0 Å². The van der Waals surface area contributed by atoms with E-state index in [0.29, 0.717) is 12.8 Å². The van der Waals surface area contributed by atoms with Crippen LogP contribution in [0.25, 0.3) is 0 Å². The maximum Gasteiger partial charge on any atom is 0.141 e. The van der Waals surface area contributed by atoms with Gasteiger partial charge in [-0.25, -0.2) is 0 Å². The molecule has 0 spiro atoms. The van der Waals surface area contributed by atoms with Crippen LogP contribution in [0.2, 0.25) is 0 Å². The second kappa shape index (κ2) is 7.69. The molecular weight excluding hydrogens is 272 g/mol. The van der Waals surface area contributed by atoms with Crippen molar-refractivity contribution in [3.05, 3.63) is 71.8 Å². The number of rotatable bonds is 7. The first kappa shape index (κ1) is 16.2. The van der Waals surface area contributed by atoms with E-state index in [1.54, 1.807) is 0 Å². The molecular formula is C20H22O2. The highest BCUT2D eigenvalue weighted by Crippen LogP contribution is 2.36. The Bertz CT molecular complexity index is 559. The summed E-state index contributed by atoms with van der Waals surface area (Å²) in [5, 5.41) is 0. The predicted octanol–water partition coefficient (Wildman–Crippen LogP) is 4.51. The minimum Gasteiger partial charge on any atom is -0.299 e. The Hall–Kier alpha value is -2.22. The summed E-state index contributed by atoms with van der Waals surface area (Å²) in [4.78, 5) is 25.2. The molecule has 22 heavy (non-hydrogen) atoms. The average Bonchev–Trinajstić information content (AvgIpc) is 2.59. The maximum absolute atomic E-state index is 12.6. The van der Waals surface area contributed by atoms with E-state index >= 15 is 0 Å². The van der Waals surface area contributed by atoms with E-state index in [2.05, 4.69) is 0 Å². The van der Waals surface area contributed by atoms with Gasteiger partial charge in [-0.15, -0.1) is 0 Å². The molecule has 0 aliphatic rings. The van der Waals surface area contributed by atoms with Gasteiger partial charge in [0.1, 0.15) is 11.6 Å². The molecule has 0 bridgehead atoms. The summed E-state index contributed by atoms with van der Waals surface area (Å²) < 4.78 is 0. The third kappa shape index (κ3) is 3.51. The molecule has 0 amide bonds. The Morgan fingerprint density at radius 1 is 0.682 bits per heavy atom. The van der Waals surface area contributed by atoms with Crippen molar-refractivity contribution >= 4 is 11.6 Å². The standard InChI is InChI=1S/C20H22O2/c1-3-17(21)19(15-11-7-5-8-12-15)20(18(22)4-2)16-13-9-6-10-14-16/h5-14,19-20H,3-4H2,1-2H3/t19-,20+. The largest absolute Gasteiger partial charge is 0.299 e. The van der Waals surface area contributed by atoms with E-state index < -0.39 is 11.8 Å². The highest BCUT2D eigenvalue weighted by Gasteiger charge is 2.33. The number of hydrogen-bond donors (Lipinski definition) is 0. The third-order valence-corrected chi connectivity index (χ3v) is 4.04. The van der Waals surface area contributed by atoms with Crippen LogP contribution in [-0.2, 0) is 9.59 Å². The number of Topliss-reactive ketones (excluding diaryl/α,β-unsaturated/α-hetero) is 2. The van der Waals surface area contributed by atoms with Crippen molar-refractivity contribution in [1.82, 2.24) is 0 Å². The number of carbonyl (C=O) groups excluding carboxylic acids is 2. The van der Waals surface area contributed by atoms with Crippen LogP contribution in [0, 0.1) is 0 Å². The smallest absolute Gasteiger partial charge is 0.141 e. The second-order valence-electron chi connectivity index (χ2n) is 5.42. The minimum absolute atomic E-state index is 0.113. The molecule has 0 unspecified atom stereocenters. The molecule has 2 nitrogen and oxygen atoms in total. The Labute approximate surface area is 132 Å².